The standard InChI is InChI=1S/C22H24N2O2/c23-20-17-8-4-5-9-18(17)22(21(20)26)12-14-24(15-13-22)19(25)11-10-16-6-2-1-3-7-16/h1-11,20-21,26H,12-15,23H2/t20-,21+/m1/s1. The van der Waals surface area contributed by atoms with Crippen LogP contribution in [0.25, 0.3) is 6.08 Å². The summed E-state index contributed by atoms with van der Waals surface area (Å²) < 4.78 is 0. The number of carbonyl (C=O) groups is 1. The predicted molar refractivity (Wildman–Crippen MR) is 102 cm³/mol. The molecule has 1 aliphatic carbocycles. The van der Waals surface area contributed by atoms with Crippen molar-refractivity contribution in [2.45, 2.75) is 30.4 Å². The highest BCUT2D eigenvalue weighted by Crippen LogP contribution is 2.49. The minimum absolute atomic E-state index is 0.0220. The monoisotopic (exact) mass is 348 g/mol. The Kier molecular flexibility index (Phi) is 4.39. The minimum atomic E-state index is -0.586. The summed E-state index contributed by atoms with van der Waals surface area (Å²) in [6, 6.07) is 17.5. The molecular weight excluding hydrogens is 324 g/mol. The second kappa shape index (κ2) is 6.71. The van der Waals surface area contributed by atoms with Crippen LogP contribution in [0.2, 0.25) is 0 Å². The first kappa shape index (κ1) is 17.0. The summed E-state index contributed by atoms with van der Waals surface area (Å²) in [6.45, 7) is 1.27. The lowest BCUT2D eigenvalue weighted by Gasteiger charge is -2.42. The summed E-state index contributed by atoms with van der Waals surface area (Å²) in [4.78, 5) is 14.4. The van der Waals surface area contributed by atoms with Crippen molar-refractivity contribution in [1.82, 2.24) is 4.90 Å². The van der Waals surface area contributed by atoms with Gasteiger partial charge in [0.05, 0.1) is 12.1 Å². The third kappa shape index (κ3) is 2.75. The van der Waals surface area contributed by atoms with Crippen molar-refractivity contribution in [1.29, 1.82) is 0 Å². The number of nitrogens with zero attached hydrogens (tertiary/aromatic N) is 1. The minimum Gasteiger partial charge on any atom is -0.390 e. The molecule has 1 amide bonds. The molecule has 1 spiro atoms. The summed E-state index contributed by atoms with van der Waals surface area (Å²) in [5, 5.41) is 10.8. The van der Waals surface area contributed by atoms with Crippen molar-refractivity contribution in [3.8, 4) is 0 Å². The van der Waals surface area contributed by atoms with Crippen LogP contribution in [0.1, 0.15) is 35.6 Å². The maximum atomic E-state index is 12.5. The van der Waals surface area contributed by atoms with Crippen molar-refractivity contribution in [2.24, 2.45) is 5.73 Å². The number of piperidine rings is 1. The van der Waals surface area contributed by atoms with Crippen LogP contribution in [0.15, 0.2) is 60.7 Å². The molecule has 4 nitrogen and oxygen atoms in total. The first-order valence-corrected chi connectivity index (χ1v) is 9.17. The fraction of sp³-hybridized carbons (Fsp3) is 0.318. The number of fused-ring (bicyclic) bond motifs is 2. The molecule has 0 bridgehead atoms. The Hall–Kier alpha value is -2.43. The number of nitrogens with two attached hydrogens (primary N) is 1. The normalized spacial score (nSPS) is 24.2. The lowest BCUT2D eigenvalue weighted by molar-refractivity contribution is -0.128. The van der Waals surface area contributed by atoms with Crippen molar-refractivity contribution >= 4 is 12.0 Å². The van der Waals surface area contributed by atoms with Crippen LogP contribution in [-0.2, 0) is 10.2 Å². The highest BCUT2D eigenvalue weighted by atomic mass is 16.3. The zero-order chi connectivity index (χ0) is 18.1. The van der Waals surface area contributed by atoms with Crippen LogP contribution in [0.3, 0.4) is 0 Å². The highest BCUT2D eigenvalue weighted by Gasteiger charge is 2.51. The van der Waals surface area contributed by atoms with E-state index < -0.39 is 6.10 Å². The number of hydrogen-bond donors (Lipinski definition) is 2. The number of benzene rings is 2. The third-order valence-electron chi connectivity index (χ3n) is 5.95. The molecule has 0 aromatic heterocycles. The number of aliphatic hydroxyl groups excluding tert-OH is 1. The molecule has 2 aromatic rings. The lowest BCUT2D eigenvalue weighted by atomic mass is 9.72. The summed E-state index contributed by atoms with van der Waals surface area (Å²) in [6.07, 6.45) is 4.38. The van der Waals surface area contributed by atoms with Gasteiger partial charge in [-0.25, -0.2) is 0 Å². The molecule has 0 unspecified atom stereocenters. The van der Waals surface area contributed by atoms with Gasteiger partial charge in [-0.1, -0.05) is 54.6 Å². The average molecular weight is 348 g/mol. The molecule has 1 heterocycles. The Morgan fingerprint density at radius 1 is 1.08 bits per heavy atom. The molecule has 2 aliphatic rings. The Morgan fingerprint density at radius 2 is 1.73 bits per heavy atom. The smallest absolute Gasteiger partial charge is 0.246 e. The number of rotatable bonds is 2. The van der Waals surface area contributed by atoms with Gasteiger partial charge in [0.1, 0.15) is 0 Å². The van der Waals surface area contributed by atoms with Crippen molar-refractivity contribution < 1.29 is 9.90 Å². The first-order valence-electron chi connectivity index (χ1n) is 9.17. The van der Waals surface area contributed by atoms with Gasteiger partial charge in [0.25, 0.3) is 0 Å². The summed E-state index contributed by atoms with van der Waals surface area (Å²) in [7, 11) is 0. The van der Waals surface area contributed by atoms with E-state index in [0.717, 1.165) is 29.5 Å². The highest BCUT2D eigenvalue weighted by molar-refractivity contribution is 5.91. The van der Waals surface area contributed by atoms with Gasteiger partial charge < -0.3 is 15.7 Å². The van der Waals surface area contributed by atoms with E-state index in [1.54, 1.807) is 6.08 Å². The number of likely N-dealkylation sites (tertiary alicyclic amines) is 1. The van der Waals surface area contributed by atoms with E-state index in [4.69, 9.17) is 5.73 Å². The van der Waals surface area contributed by atoms with Crippen LogP contribution >= 0.6 is 0 Å². The summed E-state index contributed by atoms with van der Waals surface area (Å²) >= 11 is 0. The molecule has 26 heavy (non-hydrogen) atoms. The van der Waals surface area contributed by atoms with Gasteiger partial charge in [0, 0.05) is 24.6 Å². The van der Waals surface area contributed by atoms with E-state index in [0.29, 0.717) is 13.1 Å². The molecule has 2 aromatic carbocycles. The van der Waals surface area contributed by atoms with Crippen molar-refractivity contribution in [2.75, 3.05) is 13.1 Å². The van der Waals surface area contributed by atoms with Crippen molar-refractivity contribution in [3.05, 3.63) is 77.4 Å². The maximum absolute atomic E-state index is 12.5. The van der Waals surface area contributed by atoms with Crippen LogP contribution in [0.5, 0.6) is 0 Å². The van der Waals surface area contributed by atoms with E-state index in [-0.39, 0.29) is 17.4 Å². The molecule has 4 heteroatoms. The number of carbonyl (C=O) groups excluding carboxylic acids is 1. The molecule has 1 fully saturated rings. The molecule has 2 atom stereocenters. The molecule has 0 saturated carbocycles. The van der Waals surface area contributed by atoms with Crippen molar-refractivity contribution in [3.63, 3.8) is 0 Å². The second-order valence-electron chi connectivity index (χ2n) is 7.28. The largest absolute Gasteiger partial charge is 0.390 e. The van der Waals surface area contributed by atoms with Gasteiger partial charge in [-0.05, 0) is 35.6 Å². The second-order valence-corrected chi connectivity index (χ2v) is 7.28. The Balaban J connectivity index is 1.48. The van der Waals surface area contributed by atoms with E-state index >= 15 is 0 Å². The van der Waals surface area contributed by atoms with Gasteiger partial charge in [-0.2, -0.15) is 0 Å². The molecule has 0 radical (unpaired) electrons. The van der Waals surface area contributed by atoms with Crippen LogP contribution < -0.4 is 5.73 Å². The molecule has 1 saturated heterocycles. The number of amides is 1. The molecular formula is C22H24N2O2. The fourth-order valence-electron chi connectivity index (χ4n) is 4.44. The predicted octanol–water partition coefficient (Wildman–Crippen LogP) is 2.63. The van der Waals surface area contributed by atoms with E-state index in [9.17, 15) is 9.90 Å². The number of hydrogen-bond acceptors (Lipinski definition) is 3. The zero-order valence-corrected chi connectivity index (χ0v) is 14.7. The average Bonchev–Trinajstić information content (AvgIpc) is 2.90. The molecule has 3 N–H and O–H groups in total. The van der Waals surface area contributed by atoms with Gasteiger partial charge in [-0.3, -0.25) is 4.79 Å². The first-order chi connectivity index (χ1) is 12.6. The molecule has 1 aliphatic heterocycles. The summed E-state index contributed by atoms with van der Waals surface area (Å²) in [5.74, 6) is 0.0220. The van der Waals surface area contributed by atoms with Crippen LogP contribution in [-0.4, -0.2) is 35.1 Å². The van der Waals surface area contributed by atoms with Crippen LogP contribution in [0, 0.1) is 0 Å². The van der Waals surface area contributed by atoms with E-state index in [2.05, 4.69) is 6.07 Å². The molecule has 4 rings (SSSR count). The van der Waals surface area contributed by atoms with Gasteiger partial charge >= 0.3 is 0 Å². The third-order valence-corrected chi connectivity index (χ3v) is 5.95. The van der Waals surface area contributed by atoms with Crippen LogP contribution in [0.4, 0.5) is 0 Å². The van der Waals surface area contributed by atoms with Gasteiger partial charge in [0.2, 0.25) is 5.91 Å². The molecule has 134 valence electrons. The van der Waals surface area contributed by atoms with E-state index in [1.165, 1.54) is 0 Å². The number of aliphatic hydroxyl groups is 1. The Labute approximate surface area is 153 Å². The SMILES string of the molecule is N[C@@H]1c2ccccc2C2(CCN(C(=O)C=Cc3ccccc3)CC2)[C@H]1O. The topological polar surface area (TPSA) is 66.6 Å². The summed E-state index contributed by atoms with van der Waals surface area (Å²) in [5.41, 5.74) is 9.16. The van der Waals surface area contributed by atoms with E-state index in [1.807, 2.05) is 59.5 Å². The quantitative estimate of drug-likeness (QED) is 0.820. The lowest BCUT2D eigenvalue weighted by Crippen LogP contribution is -2.49. The fourth-order valence-corrected chi connectivity index (χ4v) is 4.44. The maximum Gasteiger partial charge on any atom is 0.246 e. The Bertz CT molecular complexity index is 823. The zero-order valence-electron chi connectivity index (χ0n) is 14.7. The van der Waals surface area contributed by atoms with Gasteiger partial charge in [0.15, 0.2) is 0 Å². The van der Waals surface area contributed by atoms with Gasteiger partial charge in [-0.15, -0.1) is 0 Å². The Morgan fingerprint density at radius 3 is 2.46 bits per heavy atom.